The first kappa shape index (κ1) is 14.8. The molecular formula is C16H10BrClN2O2. The first-order chi connectivity index (χ1) is 10.5. The van der Waals surface area contributed by atoms with E-state index in [1.54, 1.807) is 42.6 Å². The predicted octanol–water partition coefficient (Wildman–Crippen LogP) is 3.90. The van der Waals surface area contributed by atoms with Crippen molar-refractivity contribution in [1.29, 1.82) is 0 Å². The number of aromatic nitrogens is 2. The third-order valence-electron chi connectivity index (χ3n) is 3.05. The van der Waals surface area contributed by atoms with Gasteiger partial charge in [0.15, 0.2) is 0 Å². The maximum atomic E-state index is 12.1. The molecule has 3 rings (SSSR count). The topological polar surface area (TPSA) is 54.6 Å². The average molecular weight is 378 g/mol. The fourth-order valence-corrected chi connectivity index (χ4v) is 2.55. The van der Waals surface area contributed by atoms with Crippen LogP contribution < -0.4 is 5.56 Å². The molecule has 4 nitrogen and oxygen atoms in total. The number of phenols is 1. The number of halogens is 2. The number of rotatable bonds is 2. The average Bonchev–Trinajstić information content (AvgIpc) is 2.50. The summed E-state index contributed by atoms with van der Waals surface area (Å²) in [5.74, 6) is 0.181. The van der Waals surface area contributed by atoms with Gasteiger partial charge < -0.3 is 5.11 Å². The summed E-state index contributed by atoms with van der Waals surface area (Å²) in [5.41, 5.74) is 1.52. The summed E-state index contributed by atoms with van der Waals surface area (Å²) in [4.78, 5) is 16.5. The number of pyridine rings is 1. The van der Waals surface area contributed by atoms with Crippen LogP contribution in [0.25, 0.3) is 16.8 Å². The smallest absolute Gasteiger partial charge is 0.258 e. The summed E-state index contributed by atoms with van der Waals surface area (Å²) >= 11 is 9.58. The van der Waals surface area contributed by atoms with Crippen LogP contribution >= 0.6 is 27.5 Å². The number of benzene rings is 1. The highest BCUT2D eigenvalue weighted by Crippen LogP contribution is 2.21. The Morgan fingerprint density at radius 3 is 2.68 bits per heavy atom. The van der Waals surface area contributed by atoms with Gasteiger partial charge in [-0.05, 0) is 51.8 Å². The molecule has 2 aromatic heterocycles. The van der Waals surface area contributed by atoms with E-state index in [0.717, 1.165) is 10.0 Å². The Balaban J connectivity index is 2.07. The van der Waals surface area contributed by atoms with E-state index in [1.165, 1.54) is 10.5 Å². The first-order valence-electron chi connectivity index (χ1n) is 6.38. The van der Waals surface area contributed by atoms with E-state index in [2.05, 4.69) is 20.9 Å². The third-order valence-corrected chi connectivity index (χ3v) is 3.83. The predicted molar refractivity (Wildman–Crippen MR) is 91.0 cm³/mol. The van der Waals surface area contributed by atoms with Crippen LogP contribution in [0.3, 0.4) is 0 Å². The fourth-order valence-electron chi connectivity index (χ4n) is 1.99. The van der Waals surface area contributed by atoms with E-state index in [0.29, 0.717) is 16.4 Å². The second-order valence-corrected chi connectivity index (χ2v) is 5.96. The zero-order chi connectivity index (χ0) is 15.7. The molecule has 0 aliphatic carbocycles. The van der Waals surface area contributed by atoms with Crippen molar-refractivity contribution in [2.75, 3.05) is 0 Å². The van der Waals surface area contributed by atoms with Gasteiger partial charge in [-0.15, -0.1) is 0 Å². The molecule has 6 heteroatoms. The van der Waals surface area contributed by atoms with Crippen molar-refractivity contribution in [2.45, 2.75) is 0 Å². The van der Waals surface area contributed by atoms with Crippen molar-refractivity contribution < 1.29 is 5.11 Å². The molecule has 3 aromatic rings. The van der Waals surface area contributed by atoms with Crippen LogP contribution in [0.5, 0.6) is 5.75 Å². The van der Waals surface area contributed by atoms with Crippen LogP contribution in [-0.4, -0.2) is 14.5 Å². The van der Waals surface area contributed by atoms with Gasteiger partial charge in [0.25, 0.3) is 5.56 Å². The second kappa shape index (κ2) is 5.94. The van der Waals surface area contributed by atoms with Crippen LogP contribution in [0.15, 0.2) is 57.9 Å². The van der Waals surface area contributed by atoms with Crippen molar-refractivity contribution in [3.05, 3.63) is 74.7 Å². The number of phenolic OH excluding ortho intramolecular Hbond substituents is 1. The van der Waals surface area contributed by atoms with Crippen LogP contribution in [0.1, 0.15) is 11.3 Å². The van der Waals surface area contributed by atoms with Crippen LogP contribution in [0.2, 0.25) is 0 Å². The molecule has 0 saturated heterocycles. The summed E-state index contributed by atoms with van der Waals surface area (Å²) in [5, 5.41) is 9.63. The minimum absolute atomic E-state index is 0.181. The van der Waals surface area contributed by atoms with E-state index in [4.69, 9.17) is 11.6 Å². The van der Waals surface area contributed by atoms with Gasteiger partial charge in [0.1, 0.15) is 11.4 Å². The molecule has 0 spiro atoms. The molecule has 0 amide bonds. The lowest BCUT2D eigenvalue weighted by atomic mass is 10.2. The van der Waals surface area contributed by atoms with E-state index < -0.39 is 0 Å². The van der Waals surface area contributed by atoms with Gasteiger partial charge in [-0.25, -0.2) is 4.98 Å². The summed E-state index contributed by atoms with van der Waals surface area (Å²) < 4.78 is 2.24. The molecule has 22 heavy (non-hydrogen) atoms. The number of hydrogen-bond acceptors (Lipinski definition) is 3. The van der Waals surface area contributed by atoms with Crippen molar-refractivity contribution in [1.82, 2.24) is 9.38 Å². The number of fused-ring (bicyclic) bond motifs is 1. The van der Waals surface area contributed by atoms with Gasteiger partial charge in [-0.1, -0.05) is 23.7 Å². The van der Waals surface area contributed by atoms with Crippen molar-refractivity contribution in [3.8, 4) is 5.75 Å². The highest BCUT2D eigenvalue weighted by molar-refractivity contribution is 9.10. The molecule has 0 aliphatic rings. The molecule has 2 heterocycles. The molecule has 0 aliphatic heterocycles. The van der Waals surface area contributed by atoms with Gasteiger partial charge in [-0.2, -0.15) is 0 Å². The number of nitrogens with zero attached hydrogens (tertiary/aromatic N) is 2. The Hall–Kier alpha value is -2.11. The molecule has 1 N–H and O–H groups in total. The molecule has 0 unspecified atom stereocenters. The molecule has 0 fully saturated rings. The highest BCUT2D eigenvalue weighted by Gasteiger charge is 2.06. The van der Waals surface area contributed by atoms with E-state index in [1.807, 2.05) is 6.07 Å². The van der Waals surface area contributed by atoms with Crippen molar-refractivity contribution in [3.63, 3.8) is 0 Å². The minimum atomic E-state index is -0.210. The highest BCUT2D eigenvalue weighted by atomic mass is 79.9. The van der Waals surface area contributed by atoms with E-state index >= 15 is 0 Å². The summed E-state index contributed by atoms with van der Waals surface area (Å²) in [7, 11) is 0. The lowest BCUT2D eigenvalue weighted by Crippen LogP contribution is -2.14. The van der Waals surface area contributed by atoms with Crippen LogP contribution in [-0.2, 0) is 0 Å². The number of hydrogen-bond donors (Lipinski definition) is 1. The molecule has 0 bridgehead atoms. The number of aromatic hydroxyl groups is 1. The lowest BCUT2D eigenvalue weighted by Gasteiger charge is -2.04. The largest absolute Gasteiger partial charge is 0.508 e. The van der Waals surface area contributed by atoms with Crippen LogP contribution in [0, 0.1) is 0 Å². The minimum Gasteiger partial charge on any atom is -0.508 e. The molecule has 110 valence electrons. The first-order valence-corrected chi connectivity index (χ1v) is 7.55. The van der Waals surface area contributed by atoms with E-state index in [-0.39, 0.29) is 11.3 Å². The van der Waals surface area contributed by atoms with Crippen molar-refractivity contribution >= 4 is 44.3 Å². The monoisotopic (exact) mass is 376 g/mol. The Kier molecular flexibility index (Phi) is 4.00. The van der Waals surface area contributed by atoms with Gasteiger partial charge in [0, 0.05) is 16.7 Å². The summed E-state index contributed by atoms with van der Waals surface area (Å²) in [6.45, 7) is 0. The maximum Gasteiger partial charge on any atom is 0.258 e. The Morgan fingerprint density at radius 2 is 1.95 bits per heavy atom. The normalized spacial score (nSPS) is 11.8. The SMILES string of the molecule is O=c1cc(/C(Cl)=C/c2ccc(O)cc2)nc2ccc(Br)cn12. The van der Waals surface area contributed by atoms with Gasteiger partial charge in [-0.3, -0.25) is 9.20 Å². The van der Waals surface area contributed by atoms with Gasteiger partial charge >= 0.3 is 0 Å². The molecule has 0 atom stereocenters. The molecule has 1 aromatic carbocycles. The molecular weight excluding hydrogens is 368 g/mol. The second-order valence-electron chi connectivity index (χ2n) is 4.64. The Bertz CT molecular complexity index is 933. The van der Waals surface area contributed by atoms with Crippen molar-refractivity contribution in [2.24, 2.45) is 0 Å². The lowest BCUT2D eigenvalue weighted by molar-refractivity contribution is 0.475. The fraction of sp³-hybridized carbons (Fsp3) is 0. The van der Waals surface area contributed by atoms with Gasteiger partial charge in [0.2, 0.25) is 0 Å². The quantitative estimate of drug-likeness (QED) is 0.737. The van der Waals surface area contributed by atoms with Crippen LogP contribution in [0.4, 0.5) is 0 Å². The zero-order valence-corrected chi connectivity index (χ0v) is 13.5. The zero-order valence-electron chi connectivity index (χ0n) is 11.2. The standard InChI is InChI=1S/C16H10BrClN2O2/c17-11-3-6-15-19-14(8-16(22)20(15)9-11)13(18)7-10-1-4-12(21)5-2-10/h1-9,21H/b13-7-. The van der Waals surface area contributed by atoms with E-state index in [9.17, 15) is 9.90 Å². The maximum absolute atomic E-state index is 12.1. The third kappa shape index (κ3) is 3.05. The summed E-state index contributed by atoms with van der Waals surface area (Å²) in [6.07, 6.45) is 3.35. The van der Waals surface area contributed by atoms with Gasteiger partial charge in [0.05, 0.1) is 10.7 Å². The molecule has 0 radical (unpaired) electrons. The molecule has 0 saturated carbocycles. The Labute approximate surface area is 139 Å². The Morgan fingerprint density at radius 1 is 1.23 bits per heavy atom. The summed E-state index contributed by atoms with van der Waals surface area (Å²) in [6, 6.07) is 11.5.